The molecule has 4 rings (SSSR count). The minimum Gasteiger partial charge on any atom is -0.341 e. The Kier molecular flexibility index (Phi) is 4.42. The maximum absolute atomic E-state index is 12.6. The number of benzene rings is 1. The monoisotopic (exact) mass is 372 g/mol. The summed E-state index contributed by atoms with van der Waals surface area (Å²) in [5.41, 5.74) is 1.17. The molecule has 9 heteroatoms. The number of carbonyl (C=O) groups is 1. The van der Waals surface area contributed by atoms with Crippen molar-refractivity contribution in [2.45, 2.75) is 25.9 Å². The van der Waals surface area contributed by atoms with Gasteiger partial charge >= 0.3 is 0 Å². The van der Waals surface area contributed by atoms with Crippen LogP contribution in [0.4, 0.5) is 0 Å². The van der Waals surface area contributed by atoms with E-state index in [4.69, 9.17) is 11.6 Å². The van der Waals surface area contributed by atoms with Crippen LogP contribution in [-0.2, 0) is 17.9 Å². The van der Waals surface area contributed by atoms with E-state index in [1.165, 1.54) is 10.9 Å². The van der Waals surface area contributed by atoms with Crippen LogP contribution in [0.2, 0.25) is 5.02 Å². The number of aromatic nitrogens is 5. The van der Waals surface area contributed by atoms with Crippen molar-refractivity contribution in [3.63, 3.8) is 0 Å². The Morgan fingerprint density at radius 2 is 1.88 bits per heavy atom. The van der Waals surface area contributed by atoms with Crippen molar-refractivity contribution in [3.8, 4) is 0 Å². The minimum absolute atomic E-state index is 0.0220. The number of halogens is 1. The van der Waals surface area contributed by atoms with Crippen molar-refractivity contribution >= 4 is 28.7 Å². The average molecular weight is 373 g/mol. The summed E-state index contributed by atoms with van der Waals surface area (Å²) in [4.78, 5) is 30.9. The molecule has 3 aromatic rings. The first kappa shape index (κ1) is 16.7. The second-order valence-electron chi connectivity index (χ2n) is 6.31. The molecule has 0 N–H and O–H groups in total. The SMILES string of the molecule is O=C(Cn1cnc2c(nnn2Cc2ccc(Cl)cc2)c1=O)N1CCCC1. The zero-order valence-electron chi connectivity index (χ0n) is 14.0. The molecule has 0 unspecified atom stereocenters. The molecule has 0 atom stereocenters. The maximum atomic E-state index is 12.6. The summed E-state index contributed by atoms with van der Waals surface area (Å²) in [6.07, 6.45) is 3.41. The van der Waals surface area contributed by atoms with E-state index in [0.29, 0.717) is 17.2 Å². The maximum Gasteiger partial charge on any atom is 0.283 e. The van der Waals surface area contributed by atoms with Crippen molar-refractivity contribution in [1.29, 1.82) is 0 Å². The van der Waals surface area contributed by atoms with E-state index in [1.807, 2.05) is 12.1 Å². The van der Waals surface area contributed by atoms with E-state index in [2.05, 4.69) is 15.3 Å². The molecule has 0 saturated carbocycles. The van der Waals surface area contributed by atoms with Gasteiger partial charge in [0.25, 0.3) is 5.56 Å². The van der Waals surface area contributed by atoms with Gasteiger partial charge < -0.3 is 4.90 Å². The van der Waals surface area contributed by atoms with Crippen LogP contribution in [-0.4, -0.2) is 48.4 Å². The normalized spacial score (nSPS) is 14.3. The molecule has 1 aliphatic heterocycles. The second kappa shape index (κ2) is 6.87. The number of fused-ring (bicyclic) bond motifs is 1. The molecule has 0 radical (unpaired) electrons. The van der Waals surface area contributed by atoms with Crippen molar-refractivity contribution in [2.24, 2.45) is 0 Å². The molecule has 26 heavy (non-hydrogen) atoms. The summed E-state index contributed by atoms with van der Waals surface area (Å²) in [5.74, 6) is -0.0701. The summed E-state index contributed by atoms with van der Waals surface area (Å²) in [6, 6.07) is 7.35. The van der Waals surface area contributed by atoms with Crippen LogP contribution in [0.5, 0.6) is 0 Å². The molecule has 1 aliphatic rings. The molecule has 2 aromatic heterocycles. The minimum atomic E-state index is -0.357. The lowest BCUT2D eigenvalue weighted by Gasteiger charge is -2.15. The predicted molar refractivity (Wildman–Crippen MR) is 96.0 cm³/mol. The first-order chi connectivity index (χ1) is 12.6. The van der Waals surface area contributed by atoms with Crippen LogP contribution in [0, 0.1) is 0 Å². The highest BCUT2D eigenvalue weighted by Crippen LogP contribution is 2.12. The highest BCUT2D eigenvalue weighted by atomic mass is 35.5. The van der Waals surface area contributed by atoms with E-state index < -0.39 is 0 Å². The number of nitrogens with zero attached hydrogens (tertiary/aromatic N) is 6. The van der Waals surface area contributed by atoms with Gasteiger partial charge in [0, 0.05) is 18.1 Å². The van der Waals surface area contributed by atoms with Crippen LogP contribution in [0.25, 0.3) is 11.2 Å². The molecule has 0 aliphatic carbocycles. The molecule has 1 aromatic carbocycles. The Morgan fingerprint density at radius 3 is 2.62 bits per heavy atom. The summed E-state index contributed by atoms with van der Waals surface area (Å²) < 4.78 is 2.86. The number of hydrogen-bond donors (Lipinski definition) is 0. The lowest BCUT2D eigenvalue weighted by molar-refractivity contribution is -0.130. The molecule has 0 spiro atoms. The van der Waals surface area contributed by atoms with Crippen molar-refractivity contribution in [2.75, 3.05) is 13.1 Å². The van der Waals surface area contributed by atoms with Crippen LogP contribution >= 0.6 is 11.6 Å². The molecular weight excluding hydrogens is 356 g/mol. The second-order valence-corrected chi connectivity index (χ2v) is 6.75. The molecule has 1 amide bonds. The molecule has 8 nitrogen and oxygen atoms in total. The predicted octanol–water partition coefficient (Wildman–Crippen LogP) is 1.31. The quantitative estimate of drug-likeness (QED) is 0.689. The Morgan fingerprint density at radius 1 is 1.15 bits per heavy atom. The lowest BCUT2D eigenvalue weighted by atomic mass is 10.2. The van der Waals surface area contributed by atoms with E-state index in [0.717, 1.165) is 31.5 Å². The first-order valence-electron chi connectivity index (χ1n) is 8.43. The smallest absolute Gasteiger partial charge is 0.283 e. The highest BCUT2D eigenvalue weighted by molar-refractivity contribution is 6.30. The fourth-order valence-corrected chi connectivity index (χ4v) is 3.21. The third-order valence-corrected chi connectivity index (χ3v) is 4.75. The largest absolute Gasteiger partial charge is 0.341 e. The van der Waals surface area contributed by atoms with Gasteiger partial charge in [0.2, 0.25) is 5.91 Å². The van der Waals surface area contributed by atoms with Gasteiger partial charge in [-0.2, -0.15) is 0 Å². The lowest BCUT2D eigenvalue weighted by Crippen LogP contribution is -2.34. The van der Waals surface area contributed by atoms with E-state index in [1.54, 1.807) is 21.7 Å². The van der Waals surface area contributed by atoms with E-state index in [9.17, 15) is 9.59 Å². The number of rotatable bonds is 4. The molecule has 1 fully saturated rings. The molecular formula is C17H17ClN6O2. The molecule has 134 valence electrons. The van der Waals surface area contributed by atoms with E-state index >= 15 is 0 Å². The Balaban J connectivity index is 1.59. The average Bonchev–Trinajstić information content (AvgIpc) is 3.30. The van der Waals surface area contributed by atoms with Gasteiger partial charge in [-0.3, -0.25) is 14.2 Å². The van der Waals surface area contributed by atoms with Gasteiger partial charge in [-0.25, -0.2) is 9.67 Å². The first-order valence-corrected chi connectivity index (χ1v) is 8.80. The van der Waals surface area contributed by atoms with Crippen LogP contribution < -0.4 is 5.56 Å². The Hall–Kier alpha value is -2.74. The topological polar surface area (TPSA) is 85.9 Å². The Labute approximate surface area is 154 Å². The summed E-state index contributed by atoms with van der Waals surface area (Å²) in [5, 5.41) is 8.65. The summed E-state index contributed by atoms with van der Waals surface area (Å²) in [7, 11) is 0. The number of carbonyl (C=O) groups excluding carboxylic acids is 1. The number of hydrogen-bond acceptors (Lipinski definition) is 5. The van der Waals surface area contributed by atoms with E-state index in [-0.39, 0.29) is 23.5 Å². The summed E-state index contributed by atoms with van der Waals surface area (Å²) >= 11 is 5.89. The Bertz CT molecular complexity index is 1000. The van der Waals surface area contributed by atoms with Crippen molar-refractivity contribution in [1.82, 2.24) is 29.4 Å². The fraction of sp³-hybridized carbons (Fsp3) is 0.353. The molecule has 3 heterocycles. The van der Waals surface area contributed by atoms with Gasteiger partial charge in [-0.15, -0.1) is 5.10 Å². The molecule has 0 bridgehead atoms. The molecule has 1 saturated heterocycles. The van der Waals surface area contributed by atoms with Gasteiger partial charge in [-0.1, -0.05) is 28.9 Å². The summed E-state index contributed by atoms with van der Waals surface area (Å²) in [6.45, 7) is 1.91. The van der Waals surface area contributed by atoms with Gasteiger partial charge in [0.05, 0.1) is 6.54 Å². The van der Waals surface area contributed by atoms with Gasteiger partial charge in [0.1, 0.15) is 12.9 Å². The zero-order chi connectivity index (χ0) is 18.1. The van der Waals surface area contributed by atoms with Gasteiger partial charge in [0.15, 0.2) is 11.2 Å². The van der Waals surface area contributed by atoms with Crippen LogP contribution in [0.3, 0.4) is 0 Å². The number of likely N-dealkylation sites (tertiary alicyclic amines) is 1. The van der Waals surface area contributed by atoms with Gasteiger partial charge in [-0.05, 0) is 30.5 Å². The van der Waals surface area contributed by atoms with Crippen LogP contribution in [0.15, 0.2) is 35.4 Å². The third kappa shape index (κ3) is 3.20. The third-order valence-electron chi connectivity index (χ3n) is 4.50. The van der Waals surface area contributed by atoms with Crippen LogP contribution in [0.1, 0.15) is 18.4 Å². The highest BCUT2D eigenvalue weighted by Gasteiger charge is 2.20. The standard InChI is InChI=1S/C17H17ClN6O2/c18-13-5-3-12(4-6-13)9-24-16-15(20-21-24)17(26)23(11-19-16)10-14(25)22-7-1-2-8-22/h3-6,11H,1-2,7-10H2. The zero-order valence-corrected chi connectivity index (χ0v) is 14.8. The van der Waals surface area contributed by atoms with Crippen molar-refractivity contribution < 1.29 is 4.79 Å². The number of amides is 1. The van der Waals surface area contributed by atoms with Crippen molar-refractivity contribution in [3.05, 3.63) is 51.5 Å². The fourth-order valence-electron chi connectivity index (χ4n) is 3.08.